The first kappa shape index (κ1) is 13.4. The minimum absolute atomic E-state index is 0.466. The van der Waals surface area contributed by atoms with Crippen molar-refractivity contribution in [3.63, 3.8) is 0 Å². The van der Waals surface area contributed by atoms with Crippen molar-refractivity contribution in [3.05, 3.63) is 83.4 Å². The van der Waals surface area contributed by atoms with Crippen molar-refractivity contribution in [2.45, 2.75) is 12.8 Å². The molecule has 0 bridgehead atoms. The first-order valence-corrected chi connectivity index (χ1v) is 7.16. The Bertz CT molecular complexity index is 721. The highest BCUT2D eigenvalue weighted by Gasteiger charge is 2.08. The van der Waals surface area contributed by atoms with Gasteiger partial charge in [-0.3, -0.25) is 5.41 Å². The quantitative estimate of drug-likeness (QED) is 0.631. The topological polar surface area (TPSA) is 49.9 Å². The van der Waals surface area contributed by atoms with Gasteiger partial charge in [-0.1, -0.05) is 60.7 Å². The summed E-state index contributed by atoms with van der Waals surface area (Å²) in [5, 5.41) is 8.32. The van der Waals surface area contributed by atoms with Crippen LogP contribution in [0.15, 0.2) is 66.8 Å². The number of rotatable bonds is 3. The number of nitrogen functional groups attached to an aromatic ring is 1. The van der Waals surface area contributed by atoms with Gasteiger partial charge in [-0.25, -0.2) is 0 Å². The van der Waals surface area contributed by atoms with E-state index in [1.54, 1.807) is 0 Å². The second-order valence-corrected chi connectivity index (χ2v) is 5.18. The van der Waals surface area contributed by atoms with Crippen LogP contribution in [0.4, 0.5) is 5.69 Å². The summed E-state index contributed by atoms with van der Waals surface area (Å²) in [6, 6.07) is 15.6. The monoisotopic (exact) mass is 274 g/mol. The molecule has 21 heavy (non-hydrogen) atoms. The van der Waals surface area contributed by atoms with Crippen LogP contribution in [-0.4, -0.2) is 5.71 Å². The molecule has 0 fully saturated rings. The van der Waals surface area contributed by atoms with Gasteiger partial charge in [-0.2, -0.15) is 0 Å². The van der Waals surface area contributed by atoms with E-state index in [9.17, 15) is 0 Å². The summed E-state index contributed by atoms with van der Waals surface area (Å²) in [6.45, 7) is 0. The van der Waals surface area contributed by atoms with Crippen LogP contribution < -0.4 is 5.73 Å². The summed E-state index contributed by atoms with van der Waals surface area (Å²) in [7, 11) is 0. The van der Waals surface area contributed by atoms with Crippen molar-refractivity contribution in [3.8, 4) is 0 Å². The molecule has 104 valence electrons. The number of nitrogens with two attached hydrogens (primary N) is 1. The molecule has 1 aliphatic rings. The number of allylic oxidation sites excluding steroid dienone is 4. The molecule has 2 nitrogen and oxygen atoms in total. The number of benzene rings is 2. The van der Waals surface area contributed by atoms with Crippen LogP contribution in [0.5, 0.6) is 0 Å². The molecule has 0 aliphatic heterocycles. The zero-order valence-electron chi connectivity index (χ0n) is 11.8. The van der Waals surface area contributed by atoms with Crippen LogP contribution >= 0.6 is 0 Å². The Balaban J connectivity index is 1.88. The first-order chi connectivity index (χ1) is 10.3. The SMILES string of the molecule is N=C(c1ccc(C2=CCCC=C2)cc1)c1ccccc1N. The van der Waals surface area contributed by atoms with Crippen molar-refractivity contribution in [1.82, 2.24) is 0 Å². The van der Waals surface area contributed by atoms with E-state index in [0.717, 1.165) is 24.0 Å². The molecule has 2 heteroatoms. The molecule has 2 aromatic rings. The Kier molecular flexibility index (Phi) is 3.69. The van der Waals surface area contributed by atoms with E-state index >= 15 is 0 Å². The molecule has 0 saturated heterocycles. The van der Waals surface area contributed by atoms with Gasteiger partial charge in [-0.15, -0.1) is 0 Å². The zero-order chi connectivity index (χ0) is 14.7. The second-order valence-electron chi connectivity index (χ2n) is 5.18. The standard InChI is InChI=1S/C19H18N2/c20-18-9-5-4-8-17(18)19(21)16-12-10-15(11-13-16)14-6-2-1-3-7-14/h2,4-13,21H,1,3,20H2. The molecule has 0 radical (unpaired) electrons. The largest absolute Gasteiger partial charge is 0.398 e. The summed E-state index contributed by atoms with van der Waals surface area (Å²) >= 11 is 0. The van der Waals surface area contributed by atoms with Crippen LogP contribution in [0.2, 0.25) is 0 Å². The van der Waals surface area contributed by atoms with Gasteiger partial charge in [0.15, 0.2) is 0 Å². The predicted octanol–water partition coefficient (Wildman–Crippen LogP) is 4.42. The fourth-order valence-electron chi connectivity index (χ4n) is 2.54. The van der Waals surface area contributed by atoms with Gasteiger partial charge < -0.3 is 5.73 Å². The van der Waals surface area contributed by atoms with Crippen molar-refractivity contribution >= 4 is 17.0 Å². The summed E-state index contributed by atoms with van der Waals surface area (Å²) in [5.41, 5.74) is 11.2. The van der Waals surface area contributed by atoms with Crippen LogP contribution in [-0.2, 0) is 0 Å². The van der Waals surface area contributed by atoms with E-state index in [1.165, 1.54) is 11.1 Å². The smallest absolute Gasteiger partial charge is 0.0705 e. The molecule has 3 N–H and O–H groups in total. The molecule has 0 aromatic heterocycles. The molecule has 2 aromatic carbocycles. The van der Waals surface area contributed by atoms with Gasteiger partial charge in [-0.05, 0) is 30.0 Å². The van der Waals surface area contributed by atoms with E-state index in [4.69, 9.17) is 11.1 Å². The average molecular weight is 274 g/mol. The first-order valence-electron chi connectivity index (χ1n) is 7.16. The number of anilines is 1. The third-order valence-corrected chi connectivity index (χ3v) is 3.73. The Morgan fingerprint density at radius 2 is 1.71 bits per heavy atom. The van der Waals surface area contributed by atoms with E-state index in [-0.39, 0.29) is 0 Å². The van der Waals surface area contributed by atoms with Gasteiger partial charge in [0.1, 0.15) is 0 Å². The van der Waals surface area contributed by atoms with E-state index in [1.807, 2.05) is 36.4 Å². The zero-order valence-corrected chi connectivity index (χ0v) is 11.8. The Labute approximate surface area is 125 Å². The maximum absolute atomic E-state index is 8.32. The van der Waals surface area contributed by atoms with Gasteiger partial charge in [0.05, 0.1) is 5.71 Å². The highest BCUT2D eigenvalue weighted by molar-refractivity contribution is 6.13. The third-order valence-electron chi connectivity index (χ3n) is 3.73. The summed E-state index contributed by atoms with van der Waals surface area (Å²) in [4.78, 5) is 0. The molecule has 0 heterocycles. The van der Waals surface area contributed by atoms with Crippen molar-refractivity contribution in [2.75, 3.05) is 5.73 Å². The fraction of sp³-hybridized carbons (Fsp3) is 0.105. The lowest BCUT2D eigenvalue weighted by Gasteiger charge is -2.10. The van der Waals surface area contributed by atoms with E-state index < -0.39 is 0 Å². The van der Waals surface area contributed by atoms with Crippen molar-refractivity contribution in [2.24, 2.45) is 0 Å². The minimum atomic E-state index is 0.466. The molecule has 1 aliphatic carbocycles. The lowest BCUT2D eigenvalue weighted by Crippen LogP contribution is -2.05. The van der Waals surface area contributed by atoms with Crippen molar-refractivity contribution < 1.29 is 0 Å². The molecule has 0 spiro atoms. The molecule has 0 amide bonds. The van der Waals surface area contributed by atoms with Gasteiger partial charge in [0, 0.05) is 16.8 Å². The average Bonchev–Trinajstić information content (AvgIpc) is 2.56. The predicted molar refractivity (Wildman–Crippen MR) is 89.6 cm³/mol. The van der Waals surface area contributed by atoms with Crippen LogP contribution in [0.1, 0.15) is 29.5 Å². The number of nitrogens with one attached hydrogen (secondary N) is 1. The Hall–Kier alpha value is -2.61. The Morgan fingerprint density at radius 3 is 2.38 bits per heavy atom. The highest BCUT2D eigenvalue weighted by Crippen LogP contribution is 2.23. The molecular weight excluding hydrogens is 256 g/mol. The molecule has 0 atom stereocenters. The lowest BCUT2D eigenvalue weighted by molar-refractivity contribution is 1.04. The summed E-state index contributed by atoms with van der Waals surface area (Å²) < 4.78 is 0. The van der Waals surface area contributed by atoms with Crippen LogP contribution in [0.25, 0.3) is 5.57 Å². The van der Waals surface area contributed by atoms with Gasteiger partial charge in [0.2, 0.25) is 0 Å². The third kappa shape index (κ3) is 2.79. The van der Waals surface area contributed by atoms with E-state index in [2.05, 4.69) is 30.4 Å². The second kappa shape index (κ2) is 5.80. The van der Waals surface area contributed by atoms with E-state index in [0.29, 0.717) is 11.4 Å². The number of hydrogen-bond acceptors (Lipinski definition) is 2. The lowest BCUT2D eigenvalue weighted by atomic mass is 9.96. The fourth-order valence-corrected chi connectivity index (χ4v) is 2.54. The van der Waals surface area contributed by atoms with Crippen LogP contribution in [0.3, 0.4) is 0 Å². The number of hydrogen-bond donors (Lipinski definition) is 2. The van der Waals surface area contributed by atoms with Gasteiger partial charge >= 0.3 is 0 Å². The summed E-state index contributed by atoms with van der Waals surface area (Å²) in [6.07, 6.45) is 8.86. The highest BCUT2D eigenvalue weighted by atomic mass is 14.6. The van der Waals surface area contributed by atoms with Crippen molar-refractivity contribution in [1.29, 1.82) is 5.41 Å². The molecule has 0 saturated carbocycles. The minimum Gasteiger partial charge on any atom is -0.398 e. The Morgan fingerprint density at radius 1 is 0.952 bits per heavy atom. The molecule has 0 unspecified atom stereocenters. The van der Waals surface area contributed by atoms with Gasteiger partial charge in [0.25, 0.3) is 0 Å². The maximum Gasteiger partial charge on any atom is 0.0705 e. The van der Waals surface area contributed by atoms with Crippen LogP contribution in [0, 0.1) is 5.41 Å². The summed E-state index contributed by atoms with van der Waals surface area (Å²) in [5.74, 6) is 0. The normalized spacial score (nSPS) is 13.8. The number of para-hydroxylation sites is 1. The molecular formula is C19H18N2. The maximum atomic E-state index is 8.32. The molecule has 3 rings (SSSR count).